The number of nitrogens with zero attached hydrogens (tertiary/aromatic N) is 4. The molecule has 0 unspecified atom stereocenters. The van der Waals surface area contributed by atoms with Gasteiger partial charge in [0.15, 0.2) is 0 Å². The van der Waals surface area contributed by atoms with Crippen LogP contribution in [0.2, 0.25) is 0 Å². The van der Waals surface area contributed by atoms with Gasteiger partial charge in [-0.1, -0.05) is 0 Å². The van der Waals surface area contributed by atoms with Crippen LogP contribution in [0.5, 0.6) is 0 Å². The van der Waals surface area contributed by atoms with Crippen LogP contribution in [0, 0.1) is 0 Å². The third-order valence-electron chi connectivity index (χ3n) is 4.17. The minimum atomic E-state index is 0.382. The highest BCUT2D eigenvalue weighted by Crippen LogP contribution is 2.31. The van der Waals surface area contributed by atoms with Gasteiger partial charge in [-0.3, -0.25) is 9.67 Å². The van der Waals surface area contributed by atoms with Crippen molar-refractivity contribution in [1.82, 2.24) is 14.8 Å². The van der Waals surface area contributed by atoms with Crippen molar-refractivity contribution in [3.05, 3.63) is 30.2 Å². The van der Waals surface area contributed by atoms with Gasteiger partial charge in [0.25, 0.3) is 0 Å². The van der Waals surface area contributed by atoms with Crippen LogP contribution in [-0.4, -0.2) is 27.4 Å². The molecule has 3 rings (SSSR count). The average Bonchev–Trinajstić information content (AvgIpc) is 2.96. The third kappa shape index (κ3) is 2.67. The first kappa shape index (κ1) is 14.1. The maximum Gasteiger partial charge on any atom is 0.0737 e. The lowest BCUT2D eigenvalue weighted by Crippen LogP contribution is -2.35. The quantitative estimate of drug-likeness (QED) is 0.862. The standard InChI is InChI=1S/C17H24N4/c1-12(2)20-7-5-6-14-8-16(18-10-17(14)20)15-9-19-21(11-15)13(3)4/h8-13H,5-7H2,1-4H3. The summed E-state index contributed by atoms with van der Waals surface area (Å²) in [5.41, 5.74) is 4.85. The van der Waals surface area contributed by atoms with Gasteiger partial charge >= 0.3 is 0 Å². The molecule has 4 nitrogen and oxygen atoms in total. The lowest BCUT2D eigenvalue weighted by Gasteiger charge is -2.34. The molecule has 21 heavy (non-hydrogen) atoms. The van der Waals surface area contributed by atoms with Gasteiger partial charge < -0.3 is 4.90 Å². The topological polar surface area (TPSA) is 34.0 Å². The van der Waals surface area contributed by atoms with Gasteiger partial charge in [-0.05, 0) is 52.2 Å². The highest BCUT2D eigenvalue weighted by Gasteiger charge is 2.20. The number of hydrogen-bond acceptors (Lipinski definition) is 3. The van der Waals surface area contributed by atoms with Crippen molar-refractivity contribution >= 4 is 5.69 Å². The molecule has 4 heteroatoms. The summed E-state index contributed by atoms with van der Waals surface area (Å²) >= 11 is 0. The summed E-state index contributed by atoms with van der Waals surface area (Å²) in [5, 5.41) is 4.41. The van der Waals surface area contributed by atoms with Crippen molar-refractivity contribution in [2.45, 2.75) is 52.6 Å². The number of aromatic nitrogens is 3. The van der Waals surface area contributed by atoms with Gasteiger partial charge in [-0.25, -0.2) is 0 Å². The Morgan fingerprint density at radius 3 is 2.57 bits per heavy atom. The van der Waals surface area contributed by atoms with Crippen molar-refractivity contribution in [3.63, 3.8) is 0 Å². The Balaban J connectivity index is 1.95. The van der Waals surface area contributed by atoms with E-state index in [1.165, 1.54) is 17.7 Å². The van der Waals surface area contributed by atoms with Crippen molar-refractivity contribution in [2.75, 3.05) is 11.4 Å². The number of hydrogen-bond donors (Lipinski definition) is 0. The zero-order valence-corrected chi connectivity index (χ0v) is 13.4. The summed E-state index contributed by atoms with van der Waals surface area (Å²) < 4.78 is 1.98. The zero-order chi connectivity index (χ0) is 15.0. The van der Waals surface area contributed by atoms with Crippen LogP contribution in [-0.2, 0) is 6.42 Å². The summed E-state index contributed by atoms with van der Waals surface area (Å²) in [7, 11) is 0. The Labute approximate surface area is 126 Å². The van der Waals surface area contributed by atoms with E-state index in [1.807, 2.05) is 17.1 Å². The van der Waals surface area contributed by atoms with Crippen LogP contribution >= 0.6 is 0 Å². The zero-order valence-electron chi connectivity index (χ0n) is 13.4. The number of aryl methyl sites for hydroxylation is 1. The Kier molecular flexibility index (Phi) is 3.70. The molecule has 0 atom stereocenters. The first-order chi connectivity index (χ1) is 10.1. The number of fused-ring (bicyclic) bond motifs is 1. The van der Waals surface area contributed by atoms with Crippen molar-refractivity contribution in [3.8, 4) is 11.3 Å². The number of anilines is 1. The molecule has 112 valence electrons. The van der Waals surface area contributed by atoms with E-state index < -0.39 is 0 Å². The Hall–Kier alpha value is -1.84. The van der Waals surface area contributed by atoms with Gasteiger partial charge in [-0.15, -0.1) is 0 Å². The lowest BCUT2D eigenvalue weighted by molar-refractivity contribution is 0.532. The minimum Gasteiger partial charge on any atom is -0.368 e. The lowest BCUT2D eigenvalue weighted by atomic mass is 10.0. The molecule has 3 heterocycles. The first-order valence-corrected chi connectivity index (χ1v) is 7.86. The number of pyridine rings is 1. The van der Waals surface area contributed by atoms with Crippen LogP contribution in [0.15, 0.2) is 24.7 Å². The fourth-order valence-corrected chi connectivity index (χ4v) is 2.96. The van der Waals surface area contributed by atoms with Gasteiger partial charge in [0, 0.05) is 30.4 Å². The van der Waals surface area contributed by atoms with E-state index in [9.17, 15) is 0 Å². The highest BCUT2D eigenvalue weighted by atomic mass is 15.3. The van der Waals surface area contributed by atoms with Gasteiger partial charge in [0.05, 0.1) is 23.8 Å². The molecule has 0 aliphatic carbocycles. The second-order valence-corrected chi connectivity index (χ2v) is 6.39. The Morgan fingerprint density at radius 1 is 1.10 bits per heavy atom. The van der Waals surface area contributed by atoms with Crippen LogP contribution < -0.4 is 4.90 Å². The van der Waals surface area contributed by atoms with E-state index in [-0.39, 0.29) is 0 Å². The van der Waals surface area contributed by atoms with Crippen LogP contribution in [0.3, 0.4) is 0 Å². The van der Waals surface area contributed by atoms with Crippen molar-refractivity contribution in [2.24, 2.45) is 0 Å². The Morgan fingerprint density at radius 2 is 1.90 bits per heavy atom. The van der Waals surface area contributed by atoms with Crippen LogP contribution in [0.1, 0.15) is 45.7 Å². The fourth-order valence-electron chi connectivity index (χ4n) is 2.96. The van der Waals surface area contributed by atoms with E-state index in [0.717, 1.165) is 24.2 Å². The van der Waals surface area contributed by atoms with Crippen LogP contribution in [0.4, 0.5) is 5.69 Å². The molecule has 0 fully saturated rings. The molecular weight excluding hydrogens is 260 g/mol. The largest absolute Gasteiger partial charge is 0.368 e. The molecule has 0 spiro atoms. The SMILES string of the molecule is CC(C)N1CCCc2cc(-c3cnn(C(C)C)c3)ncc21. The normalized spacial score (nSPS) is 14.9. The van der Waals surface area contributed by atoms with E-state index in [4.69, 9.17) is 0 Å². The van der Waals surface area contributed by atoms with Crippen molar-refractivity contribution in [1.29, 1.82) is 0 Å². The number of rotatable bonds is 3. The molecule has 0 bridgehead atoms. The molecule has 0 radical (unpaired) electrons. The second-order valence-electron chi connectivity index (χ2n) is 6.39. The monoisotopic (exact) mass is 284 g/mol. The maximum absolute atomic E-state index is 4.67. The third-order valence-corrected chi connectivity index (χ3v) is 4.17. The van der Waals surface area contributed by atoms with Gasteiger partial charge in [0.1, 0.15) is 0 Å². The summed E-state index contributed by atoms with van der Waals surface area (Å²) in [5.74, 6) is 0. The second kappa shape index (κ2) is 5.51. The summed E-state index contributed by atoms with van der Waals surface area (Å²) in [6.45, 7) is 9.90. The highest BCUT2D eigenvalue weighted by molar-refractivity contribution is 5.64. The average molecular weight is 284 g/mol. The van der Waals surface area contributed by atoms with Crippen molar-refractivity contribution < 1.29 is 0 Å². The molecule has 0 saturated heterocycles. The smallest absolute Gasteiger partial charge is 0.0737 e. The minimum absolute atomic E-state index is 0.382. The molecule has 0 N–H and O–H groups in total. The Bertz CT molecular complexity index is 627. The van der Waals surface area contributed by atoms with E-state index in [0.29, 0.717) is 12.1 Å². The fraction of sp³-hybridized carbons (Fsp3) is 0.529. The predicted octanol–water partition coefficient (Wildman–Crippen LogP) is 3.69. The van der Waals surface area contributed by atoms with E-state index >= 15 is 0 Å². The summed E-state index contributed by atoms with van der Waals surface area (Å²) in [6, 6.07) is 3.15. The maximum atomic E-state index is 4.67. The molecule has 2 aromatic rings. The van der Waals surface area contributed by atoms with Gasteiger partial charge in [-0.2, -0.15) is 5.10 Å². The predicted molar refractivity (Wildman–Crippen MR) is 86.6 cm³/mol. The first-order valence-electron chi connectivity index (χ1n) is 7.86. The summed E-state index contributed by atoms with van der Waals surface area (Å²) in [6.07, 6.45) is 8.41. The molecule has 0 aromatic carbocycles. The molecule has 1 aliphatic rings. The van der Waals surface area contributed by atoms with E-state index in [2.05, 4.69) is 54.9 Å². The van der Waals surface area contributed by atoms with Gasteiger partial charge in [0.2, 0.25) is 0 Å². The summed E-state index contributed by atoms with van der Waals surface area (Å²) in [4.78, 5) is 7.12. The molecular formula is C17H24N4. The molecule has 1 aliphatic heterocycles. The van der Waals surface area contributed by atoms with Crippen LogP contribution in [0.25, 0.3) is 11.3 Å². The molecule has 0 saturated carbocycles. The molecule has 0 amide bonds. The molecule has 2 aromatic heterocycles. The van der Waals surface area contributed by atoms with E-state index in [1.54, 1.807) is 0 Å².